The monoisotopic (exact) mass is 155 g/mol. The van der Waals surface area contributed by atoms with E-state index in [2.05, 4.69) is 4.74 Å². The van der Waals surface area contributed by atoms with Gasteiger partial charge in [-0.3, -0.25) is 5.41 Å². The standard InChI is InChI=1S/C4H7Cl2NO/c1-4(5,6)3(7)8-2/h7H,1-2H3. The van der Waals surface area contributed by atoms with Crippen LogP contribution in [0.15, 0.2) is 0 Å². The van der Waals surface area contributed by atoms with Gasteiger partial charge < -0.3 is 4.74 Å². The second-order valence-electron chi connectivity index (χ2n) is 1.42. The van der Waals surface area contributed by atoms with E-state index in [9.17, 15) is 0 Å². The summed E-state index contributed by atoms with van der Waals surface area (Å²) in [6.45, 7) is 1.47. The SMILES string of the molecule is COC(=N)C(C)(Cl)Cl. The first kappa shape index (κ1) is 8.05. The Morgan fingerprint density at radius 2 is 2.00 bits per heavy atom. The van der Waals surface area contributed by atoms with Crippen LogP contribution in [0.1, 0.15) is 6.92 Å². The molecule has 0 rings (SSSR count). The van der Waals surface area contributed by atoms with Crippen molar-refractivity contribution in [2.24, 2.45) is 0 Å². The molecule has 0 saturated heterocycles. The maximum Gasteiger partial charge on any atom is 0.217 e. The van der Waals surface area contributed by atoms with Crippen molar-refractivity contribution in [2.45, 2.75) is 11.3 Å². The Bertz CT molecular complexity index is 96.7. The zero-order chi connectivity index (χ0) is 6.78. The van der Waals surface area contributed by atoms with Crippen LogP contribution in [0.5, 0.6) is 0 Å². The van der Waals surface area contributed by atoms with E-state index in [1.54, 1.807) is 0 Å². The molecule has 2 nitrogen and oxygen atoms in total. The molecule has 0 aliphatic carbocycles. The fourth-order valence-corrected chi connectivity index (χ4v) is 0.334. The zero-order valence-electron chi connectivity index (χ0n) is 4.66. The lowest BCUT2D eigenvalue weighted by Gasteiger charge is -2.11. The molecule has 0 heterocycles. The highest BCUT2D eigenvalue weighted by molar-refractivity contribution is 6.57. The van der Waals surface area contributed by atoms with E-state index in [-0.39, 0.29) is 5.90 Å². The third-order valence-corrected chi connectivity index (χ3v) is 0.946. The van der Waals surface area contributed by atoms with E-state index in [0.717, 1.165) is 0 Å². The van der Waals surface area contributed by atoms with E-state index in [1.807, 2.05) is 0 Å². The number of alkyl halides is 2. The van der Waals surface area contributed by atoms with Gasteiger partial charge in [0.1, 0.15) is 0 Å². The summed E-state index contributed by atoms with van der Waals surface area (Å²) < 4.78 is 3.25. The quantitative estimate of drug-likeness (QED) is 0.350. The Labute approximate surface area is 58.2 Å². The van der Waals surface area contributed by atoms with Gasteiger partial charge >= 0.3 is 0 Å². The van der Waals surface area contributed by atoms with Gasteiger partial charge in [0.05, 0.1) is 7.11 Å². The summed E-state index contributed by atoms with van der Waals surface area (Å²) in [6, 6.07) is 0. The molecular weight excluding hydrogens is 149 g/mol. The molecule has 48 valence electrons. The van der Waals surface area contributed by atoms with Gasteiger partial charge in [-0.1, -0.05) is 23.2 Å². The molecule has 0 aliphatic rings. The van der Waals surface area contributed by atoms with Gasteiger partial charge in [-0.15, -0.1) is 0 Å². The predicted octanol–water partition coefficient (Wildman–Crippen LogP) is 1.80. The van der Waals surface area contributed by atoms with Gasteiger partial charge in [-0.2, -0.15) is 0 Å². The number of nitrogens with one attached hydrogen (secondary N) is 1. The lowest BCUT2D eigenvalue weighted by Crippen LogP contribution is -2.21. The molecule has 0 aromatic carbocycles. The second kappa shape index (κ2) is 2.55. The van der Waals surface area contributed by atoms with Crippen molar-refractivity contribution in [3.8, 4) is 0 Å². The molecule has 0 aromatic heterocycles. The minimum Gasteiger partial charge on any atom is -0.482 e. The molecule has 0 fully saturated rings. The summed E-state index contributed by atoms with van der Waals surface area (Å²) in [7, 11) is 1.35. The van der Waals surface area contributed by atoms with Crippen LogP contribution in [-0.4, -0.2) is 17.3 Å². The van der Waals surface area contributed by atoms with E-state index in [0.29, 0.717) is 0 Å². The lowest BCUT2D eigenvalue weighted by molar-refractivity contribution is 0.385. The summed E-state index contributed by atoms with van der Waals surface area (Å²) >= 11 is 10.8. The van der Waals surface area contributed by atoms with Crippen molar-refractivity contribution in [2.75, 3.05) is 7.11 Å². The van der Waals surface area contributed by atoms with Crippen LogP contribution in [0.25, 0.3) is 0 Å². The summed E-state index contributed by atoms with van der Waals surface area (Å²) in [5, 5.41) is 6.90. The topological polar surface area (TPSA) is 33.1 Å². The molecule has 0 aliphatic heterocycles. The van der Waals surface area contributed by atoms with E-state index >= 15 is 0 Å². The van der Waals surface area contributed by atoms with E-state index in [4.69, 9.17) is 28.6 Å². The Kier molecular flexibility index (Phi) is 2.57. The normalized spacial score (nSPS) is 11.0. The summed E-state index contributed by atoms with van der Waals surface area (Å²) in [5.74, 6) is -0.138. The minimum atomic E-state index is -1.19. The van der Waals surface area contributed by atoms with Crippen LogP contribution in [-0.2, 0) is 4.74 Å². The number of ether oxygens (including phenoxy) is 1. The van der Waals surface area contributed by atoms with Gasteiger partial charge in [0.25, 0.3) is 0 Å². The number of hydrogen-bond donors (Lipinski definition) is 1. The minimum absolute atomic E-state index is 0.138. The van der Waals surface area contributed by atoms with Crippen molar-refractivity contribution in [1.29, 1.82) is 5.41 Å². The summed E-state index contributed by atoms with van der Waals surface area (Å²) in [6.07, 6.45) is 0. The first-order chi connectivity index (χ1) is 3.48. The van der Waals surface area contributed by atoms with Crippen LogP contribution in [0, 0.1) is 5.41 Å². The third kappa shape index (κ3) is 2.38. The van der Waals surface area contributed by atoms with Gasteiger partial charge in [0.15, 0.2) is 4.33 Å². The largest absolute Gasteiger partial charge is 0.482 e. The van der Waals surface area contributed by atoms with Gasteiger partial charge in [0.2, 0.25) is 5.90 Å². The van der Waals surface area contributed by atoms with Gasteiger partial charge in [0, 0.05) is 0 Å². The van der Waals surface area contributed by atoms with Crippen molar-refractivity contribution in [3.63, 3.8) is 0 Å². The fourth-order valence-electron chi connectivity index (χ4n) is 0.179. The molecular formula is C4H7Cl2NO. The van der Waals surface area contributed by atoms with Crippen molar-refractivity contribution in [1.82, 2.24) is 0 Å². The molecule has 0 amide bonds. The maximum atomic E-state index is 6.90. The molecule has 1 N–H and O–H groups in total. The van der Waals surface area contributed by atoms with Crippen LogP contribution in [0.3, 0.4) is 0 Å². The molecule has 0 unspecified atom stereocenters. The highest BCUT2D eigenvalue weighted by atomic mass is 35.5. The predicted molar refractivity (Wildman–Crippen MR) is 34.8 cm³/mol. The fraction of sp³-hybridized carbons (Fsp3) is 0.750. The maximum absolute atomic E-state index is 6.90. The van der Waals surface area contributed by atoms with E-state index in [1.165, 1.54) is 14.0 Å². The van der Waals surface area contributed by atoms with Crippen molar-refractivity contribution < 1.29 is 4.74 Å². The molecule has 0 bridgehead atoms. The molecule has 0 atom stereocenters. The Balaban J connectivity index is 3.82. The first-order valence-electron chi connectivity index (χ1n) is 1.99. The summed E-state index contributed by atoms with van der Waals surface area (Å²) in [5.41, 5.74) is 0. The van der Waals surface area contributed by atoms with Crippen molar-refractivity contribution >= 4 is 29.1 Å². The number of hydrogen-bond acceptors (Lipinski definition) is 2. The Morgan fingerprint density at radius 3 is 2.00 bits per heavy atom. The Hall–Kier alpha value is 0.0500. The molecule has 0 aromatic rings. The highest BCUT2D eigenvalue weighted by Crippen LogP contribution is 2.20. The van der Waals surface area contributed by atoms with E-state index < -0.39 is 4.33 Å². The molecule has 8 heavy (non-hydrogen) atoms. The molecule has 0 saturated carbocycles. The second-order valence-corrected chi connectivity index (χ2v) is 3.13. The smallest absolute Gasteiger partial charge is 0.217 e. The van der Waals surface area contributed by atoms with Crippen LogP contribution in [0.2, 0.25) is 0 Å². The van der Waals surface area contributed by atoms with Crippen LogP contribution >= 0.6 is 23.2 Å². The highest BCUT2D eigenvalue weighted by Gasteiger charge is 2.23. The average molecular weight is 156 g/mol. The van der Waals surface area contributed by atoms with Gasteiger partial charge in [-0.05, 0) is 6.92 Å². The lowest BCUT2D eigenvalue weighted by atomic mass is 10.5. The van der Waals surface area contributed by atoms with Crippen molar-refractivity contribution in [3.05, 3.63) is 0 Å². The number of halogens is 2. The molecule has 0 spiro atoms. The molecule has 0 radical (unpaired) electrons. The summed E-state index contributed by atoms with van der Waals surface area (Å²) in [4.78, 5) is 0. The van der Waals surface area contributed by atoms with Crippen LogP contribution in [0.4, 0.5) is 0 Å². The zero-order valence-corrected chi connectivity index (χ0v) is 6.18. The average Bonchev–Trinajstić information content (AvgIpc) is 1.62. The number of methoxy groups -OCH3 is 1. The van der Waals surface area contributed by atoms with Crippen LogP contribution < -0.4 is 0 Å². The molecule has 4 heteroatoms. The Morgan fingerprint density at radius 1 is 1.62 bits per heavy atom. The number of rotatable bonds is 1. The first-order valence-corrected chi connectivity index (χ1v) is 2.75. The van der Waals surface area contributed by atoms with Gasteiger partial charge in [-0.25, -0.2) is 0 Å². The third-order valence-electron chi connectivity index (χ3n) is 0.603.